The average Bonchev–Trinajstić information content (AvgIpc) is 2.86. The number of rotatable bonds is 5. The monoisotopic (exact) mass is 265 g/mol. The van der Waals surface area contributed by atoms with Gasteiger partial charge in [-0.2, -0.15) is 5.10 Å². The number of aromatic amines is 1. The number of aliphatic hydroxyl groups is 1. The zero-order valence-corrected chi connectivity index (χ0v) is 11.6. The summed E-state index contributed by atoms with van der Waals surface area (Å²) in [7, 11) is 0. The summed E-state index contributed by atoms with van der Waals surface area (Å²) in [5.74, 6) is 0.198. The maximum atomic E-state index is 12.2. The van der Waals surface area contributed by atoms with E-state index in [-0.39, 0.29) is 23.8 Å². The van der Waals surface area contributed by atoms with Crippen LogP contribution in [0, 0.1) is 5.92 Å². The number of hydrogen-bond donors (Lipinski definition) is 3. The number of carbonyl (C=O) groups is 1. The number of aryl methyl sites for hydroxylation is 1. The van der Waals surface area contributed by atoms with Crippen molar-refractivity contribution >= 4 is 5.91 Å². The van der Waals surface area contributed by atoms with Crippen LogP contribution in [0.5, 0.6) is 0 Å². The maximum Gasteiger partial charge on any atom is 0.227 e. The van der Waals surface area contributed by atoms with E-state index < -0.39 is 0 Å². The van der Waals surface area contributed by atoms with E-state index in [1.54, 1.807) is 6.20 Å². The molecule has 1 aliphatic rings. The van der Waals surface area contributed by atoms with E-state index in [4.69, 9.17) is 0 Å². The van der Waals surface area contributed by atoms with Gasteiger partial charge in [-0.3, -0.25) is 9.89 Å². The Morgan fingerprint density at radius 3 is 3.16 bits per heavy atom. The number of aromatic nitrogens is 2. The Kier molecular flexibility index (Phi) is 4.58. The molecular weight excluding hydrogens is 242 g/mol. The minimum atomic E-state index is -0.351. The van der Waals surface area contributed by atoms with Crippen molar-refractivity contribution in [3.63, 3.8) is 0 Å². The van der Waals surface area contributed by atoms with Crippen molar-refractivity contribution in [2.24, 2.45) is 5.92 Å². The minimum Gasteiger partial charge on any atom is -0.393 e. The van der Waals surface area contributed by atoms with E-state index in [9.17, 15) is 9.90 Å². The van der Waals surface area contributed by atoms with Gasteiger partial charge in [0.2, 0.25) is 5.91 Å². The van der Waals surface area contributed by atoms with Gasteiger partial charge in [0.15, 0.2) is 0 Å². The van der Waals surface area contributed by atoms with E-state index in [1.165, 1.54) is 0 Å². The number of carbonyl (C=O) groups excluding carboxylic acids is 1. The standard InChI is InChI=1S/C14H23N3O2/c1-9(2)13(18)6-7-15-14(19)10-4-3-5-12-11(10)8-16-17-12/h8-10,13,18H,3-7H2,1-2H3,(H,15,19)(H,16,17). The maximum absolute atomic E-state index is 12.2. The van der Waals surface area contributed by atoms with Crippen LogP contribution in [0.25, 0.3) is 0 Å². The molecule has 0 saturated heterocycles. The number of amides is 1. The lowest BCUT2D eigenvalue weighted by molar-refractivity contribution is -0.123. The van der Waals surface area contributed by atoms with Crippen LogP contribution < -0.4 is 5.32 Å². The highest BCUT2D eigenvalue weighted by Crippen LogP contribution is 2.30. The molecule has 2 unspecified atom stereocenters. The molecule has 1 aromatic heterocycles. The lowest BCUT2D eigenvalue weighted by Gasteiger charge is -2.21. The molecule has 1 aromatic rings. The van der Waals surface area contributed by atoms with E-state index in [1.807, 2.05) is 13.8 Å². The zero-order valence-electron chi connectivity index (χ0n) is 11.6. The van der Waals surface area contributed by atoms with Crippen molar-refractivity contribution in [2.45, 2.75) is 51.6 Å². The van der Waals surface area contributed by atoms with Gasteiger partial charge in [-0.15, -0.1) is 0 Å². The fraction of sp³-hybridized carbons (Fsp3) is 0.714. The van der Waals surface area contributed by atoms with Crippen molar-refractivity contribution in [3.8, 4) is 0 Å². The summed E-state index contributed by atoms with van der Waals surface area (Å²) in [6, 6.07) is 0. The Morgan fingerprint density at radius 2 is 2.42 bits per heavy atom. The van der Waals surface area contributed by atoms with Crippen LogP contribution in [-0.2, 0) is 11.2 Å². The number of nitrogens with one attached hydrogen (secondary N) is 2. The molecule has 106 valence electrons. The van der Waals surface area contributed by atoms with Crippen molar-refractivity contribution in [1.29, 1.82) is 0 Å². The van der Waals surface area contributed by atoms with Crippen LogP contribution in [0.15, 0.2) is 6.20 Å². The molecule has 1 amide bonds. The highest BCUT2D eigenvalue weighted by atomic mass is 16.3. The Bertz CT molecular complexity index is 428. The van der Waals surface area contributed by atoms with Gasteiger partial charge in [0, 0.05) is 17.8 Å². The second-order valence-electron chi connectivity index (χ2n) is 5.64. The second kappa shape index (κ2) is 6.19. The predicted octanol–water partition coefficient (Wildman–Crippen LogP) is 1.35. The van der Waals surface area contributed by atoms with E-state index in [2.05, 4.69) is 15.5 Å². The molecule has 0 aromatic carbocycles. The lowest BCUT2D eigenvalue weighted by Crippen LogP contribution is -2.33. The Balaban J connectivity index is 1.85. The van der Waals surface area contributed by atoms with E-state index in [0.29, 0.717) is 13.0 Å². The molecule has 2 rings (SSSR count). The van der Waals surface area contributed by atoms with Crippen LogP contribution in [-0.4, -0.2) is 33.9 Å². The fourth-order valence-electron chi connectivity index (χ4n) is 2.53. The number of fused-ring (bicyclic) bond motifs is 1. The van der Waals surface area contributed by atoms with E-state index in [0.717, 1.165) is 30.5 Å². The molecule has 0 radical (unpaired) electrons. The van der Waals surface area contributed by atoms with Crippen LogP contribution in [0.2, 0.25) is 0 Å². The Hall–Kier alpha value is -1.36. The summed E-state index contributed by atoms with van der Waals surface area (Å²) in [6.07, 6.45) is 4.89. The molecule has 2 atom stereocenters. The van der Waals surface area contributed by atoms with Gasteiger partial charge in [-0.05, 0) is 31.6 Å². The lowest BCUT2D eigenvalue weighted by atomic mass is 9.86. The molecule has 19 heavy (non-hydrogen) atoms. The predicted molar refractivity (Wildman–Crippen MR) is 72.7 cm³/mol. The molecular formula is C14H23N3O2. The fourth-order valence-corrected chi connectivity index (χ4v) is 2.53. The zero-order chi connectivity index (χ0) is 13.8. The highest BCUT2D eigenvalue weighted by Gasteiger charge is 2.27. The number of hydrogen-bond acceptors (Lipinski definition) is 3. The normalized spacial score (nSPS) is 20.1. The van der Waals surface area contributed by atoms with Gasteiger partial charge >= 0.3 is 0 Å². The van der Waals surface area contributed by atoms with Crippen LogP contribution in [0.1, 0.15) is 50.3 Å². The average molecular weight is 265 g/mol. The van der Waals surface area contributed by atoms with Crippen molar-refractivity contribution in [3.05, 3.63) is 17.5 Å². The number of nitrogens with zero attached hydrogens (tertiary/aromatic N) is 1. The first kappa shape index (κ1) is 14.1. The molecule has 0 spiro atoms. The first-order valence-electron chi connectivity index (χ1n) is 7.07. The first-order valence-corrected chi connectivity index (χ1v) is 7.07. The summed E-state index contributed by atoms with van der Waals surface area (Å²) < 4.78 is 0. The molecule has 5 nitrogen and oxygen atoms in total. The van der Waals surface area contributed by atoms with Crippen molar-refractivity contribution in [1.82, 2.24) is 15.5 Å². The largest absolute Gasteiger partial charge is 0.393 e. The quantitative estimate of drug-likeness (QED) is 0.752. The van der Waals surface area contributed by atoms with Crippen LogP contribution in [0.3, 0.4) is 0 Å². The molecule has 3 N–H and O–H groups in total. The topological polar surface area (TPSA) is 78.0 Å². The smallest absolute Gasteiger partial charge is 0.227 e. The molecule has 1 heterocycles. The summed E-state index contributed by atoms with van der Waals surface area (Å²) in [4.78, 5) is 12.2. The summed E-state index contributed by atoms with van der Waals surface area (Å²) in [5.41, 5.74) is 2.13. The highest BCUT2D eigenvalue weighted by molar-refractivity contribution is 5.84. The SMILES string of the molecule is CC(C)C(O)CCNC(=O)C1CCCc2[nH]ncc21. The molecule has 1 aliphatic carbocycles. The minimum absolute atomic E-state index is 0.0540. The van der Waals surface area contributed by atoms with Crippen LogP contribution in [0.4, 0.5) is 0 Å². The molecule has 5 heteroatoms. The molecule has 0 fully saturated rings. The summed E-state index contributed by atoms with van der Waals surface area (Å²) in [5, 5.41) is 19.6. The first-order chi connectivity index (χ1) is 9.09. The third-order valence-electron chi connectivity index (χ3n) is 3.87. The Labute approximate surface area is 113 Å². The van der Waals surface area contributed by atoms with Gasteiger partial charge in [-0.25, -0.2) is 0 Å². The Morgan fingerprint density at radius 1 is 1.63 bits per heavy atom. The van der Waals surface area contributed by atoms with Crippen molar-refractivity contribution < 1.29 is 9.90 Å². The third-order valence-corrected chi connectivity index (χ3v) is 3.87. The van der Waals surface area contributed by atoms with Gasteiger partial charge < -0.3 is 10.4 Å². The van der Waals surface area contributed by atoms with E-state index >= 15 is 0 Å². The molecule has 0 bridgehead atoms. The summed E-state index contributed by atoms with van der Waals surface area (Å²) >= 11 is 0. The third kappa shape index (κ3) is 3.35. The second-order valence-corrected chi connectivity index (χ2v) is 5.64. The number of H-pyrrole nitrogens is 1. The number of aliphatic hydroxyl groups excluding tert-OH is 1. The van der Waals surface area contributed by atoms with Gasteiger partial charge in [0.1, 0.15) is 0 Å². The van der Waals surface area contributed by atoms with Gasteiger partial charge in [-0.1, -0.05) is 13.8 Å². The van der Waals surface area contributed by atoms with Gasteiger partial charge in [0.25, 0.3) is 0 Å². The van der Waals surface area contributed by atoms with Crippen LogP contribution >= 0.6 is 0 Å². The molecule has 0 aliphatic heterocycles. The summed E-state index contributed by atoms with van der Waals surface area (Å²) in [6.45, 7) is 4.48. The van der Waals surface area contributed by atoms with Crippen molar-refractivity contribution in [2.75, 3.05) is 6.54 Å². The van der Waals surface area contributed by atoms with Gasteiger partial charge in [0.05, 0.1) is 18.2 Å². The molecule has 0 saturated carbocycles.